The molecular formula is C21H18F2N2O2. The number of aromatic amines is 1. The van der Waals surface area contributed by atoms with Crippen molar-refractivity contribution < 1.29 is 18.3 Å². The van der Waals surface area contributed by atoms with Crippen molar-refractivity contribution >= 4 is 22.4 Å². The number of hydrogen-bond donors (Lipinski definition) is 1. The first-order valence-electron chi connectivity index (χ1n) is 8.65. The highest BCUT2D eigenvalue weighted by Crippen LogP contribution is 2.45. The Bertz CT molecular complexity index is 1090. The highest BCUT2D eigenvalue weighted by molar-refractivity contribution is 5.92. The van der Waals surface area contributed by atoms with E-state index < -0.39 is 17.2 Å². The van der Waals surface area contributed by atoms with Crippen molar-refractivity contribution in [1.82, 2.24) is 10.2 Å². The number of benzene rings is 2. The van der Waals surface area contributed by atoms with Crippen LogP contribution in [-0.4, -0.2) is 23.3 Å². The van der Waals surface area contributed by atoms with Crippen molar-refractivity contribution in [3.05, 3.63) is 70.9 Å². The molecule has 1 N–H and O–H groups in total. The molecule has 1 aliphatic carbocycles. The molecule has 0 saturated carbocycles. The number of allylic oxidation sites excluding steroid dienone is 1. The van der Waals surface area contributed by atoms with Crippen LogP contribution >= 0.6 is 0 Å². The second-order valence-electron chi connectivity index (χ2n) is 6.81. The smallest absolute Gasteiger partial charge is 0.320 e. The largest absolute Gasteiger partial charge is 0.468 e. The predicted octanol–water partition coefficient (Wildman–Crippen LogP) is 4.44. The molecule has 0 aliphatic heterocycles. The summed E-state index contributed by atoms with van der Waals surface area (Å²) in [6, 6.07) is 8.12. The maximum absolute atomic E-state index is 14.9. The van der Waals surface area contributed by atoms with Gasteiger partial charge in [-0.1, -0.05) is 30.3 Å². The van der Waals surface area contributed by atoms with Crippen molar-refractivity contribution in [2.45, 2.75) is 25.2 Å². The molecule has 0 spiro atoms. The molecule has 0 fully saturated rings. The highest BCUT2D eigenvalue weighted by Gasteiger charge is 2.44. The lowest BCUT2D eigenvalue weighted by Crippen LogP contribution is -2.34. The molecule has 3 aromatic rings. The maximum Gasteiger partial charge on any atom is 0.320 e. The summed E-state index contributed by atoms with van der Waals surface area (Å²) in [7, 11) is 1.31. The van der Waals surface area contributed by atoms with Crippen LogP contribution in [0.5, 0.6) is 0 Å². The number of nitrogens with zero attached hydrogens (tertiary/aromatic N) is 1. The van der Waals surface area contributed by atoms with Gasteiger partial charge in [-0.05, 0) is 42.5 Å². The van der Waals surface area contributed by atoms with Crippen molar-refractivity contribution in [3.8, 4) is 0 Å². The number of nitrogens with one attached hydrogen (secondary N) is 1. The van der Waals surface area contributed by atoms with Crippen molar-refractivity contribution in [1.29, 1.82) is 0 Å². The molecule has 0 amide bonds. The van der Waals surface area contributed by atoms with Gasteiger partial charge in [0.25, 0.3) is 0 Å². The van der Waals surface area contributed by atoms with Crippen LogP contribution in [0.4, 0.5) is 8.78 Å². The van der Waals surface area contributed by atoms with E-state index >= 15 is 0 Å². The number of methoxy groups -OCH3 is 1. The van der Waals surface area contributed by atoms with Gasteiger partial charge in [0.05, 0.1) is 13.3 Å². The molecule has 4 rings (SSSR count). The van der Waals surface area contributed by atoms with Gasteiger partial charge < -0.3 is 4.74 Å². The van der Waals surface area contributed by atoms with Gasteiger partial charge >= 0.3 is 5.97 Å². The first-order chi connectivity index (χ1) is 13.0. The van der Waals surface area contributed by atoms with Gasteiger partial charge in [-0.25, -0.2) is 8.78 Å². The Morgan fingerprint density at radius 2 is 2.07 bits per heavy atom. The third-order valence-corrected chi connectivity index (χ3v) is 5.41. The fourth-order valence-electron chi connectivity index (χ4n) is 3.97. The van der Waals surface area contributed by atoms with Crippen LogP contribution in [0, 0.1) is 18.6 Å². The zero-order valence-electron chi connectivity index (χ0n) is 15.0. The number of ether oxygens (including phenoxy) is 1. The Hall–Kier alpha value is -3.02. The van der Waals surface area contributed by atoms with Gasteiger partial charge in [-0.15, -0.1) is 0 Å². The summed E-state index contributed by atoms with van der Waals surface area (Å²) in [5.74, 6) is -1.27. The lowest BCUT2D eigenvalue weighted by Gasteiger charge is -2.26. The van der Waals surface area contributed by atoms with Crippen LogP contribution in [0.25, 0.3) is 16.5 Å². The number of H-pyrrole nitrogens is 1. The third-order valence-electron chi connectivity index (χ3n) is 5.41. The highest BCUT2D eigenvalue weighted by atomic mass is 19.1. The van der Waals surface area contributed by atoms with Gasteiger partial charge in [-0.3, -0.25) is 9.89 Å². The summed E-state index contributed by atoms with van der Waals surface area (Å²) in [4.78, 5) is 12.7. The molecule has 6 heteroatoms. The van der Waals surface area contributed by atoms with Gasteiger partial charge in [0.2, 0.25) is 0 Å². The summed E-state index contributed by atoms with van der Waals surface area (Å²) in [6.45, 7) is 1.64. The van der Waals surface area contributed by atoms with Crippen molar-refractivity contribution in [3.63, 3.8) is 0 Å². The Morgan fingerprint density at radius 1 is 1.26 bits per heavy atom. The van der Waals surface area contributed by atoms with Crippen LogP contribution in [0.2, 0.25) is 0 Å². The fraction of sp³-hybridized carbons (Fsp3) is 0.238. The monoisotopic (exact) mass is 368 g/mol. The van der Waals surface area contributed by atoms with Gasteiger partial charge in [0.1, 0.15) is 16.7 Å². The van der Waals surface area contributed by atoms with Gasteiger partial charge in [-0.2, -0.15) is 5.10 Å². The number of hydrogen-bond acceptors (Lipinski definition) is 3. The number of aromatic nitrogens is 2. The average Bonchev–Trinajstić information content (AvgIpc) is 3.32. The lowest BCUT2D eigenvalue weighted by molar-refractivity contribution is -0.145. The van der Waals surface area contributed by atoms with Crippen LogP contribution in [0.1, 0.15) is 29.5 Å². The number of rotatable bonds is 3. The molecule has 1 aromatic heterocycles. The number of esters is 1. The molecule has 27 heavy (non-hydrogen) atoms. The van der Waals surface area contributed by atoms with Gasteiger partial charge in [0.15, 0.2) is 5.82 Å². The molecule has 1 atom stereocenters. The Kier molecular flexibility index (Phi) is 4.06. The SMILES string of the molecule is COC(=O)[C@]1(c2cccc(F)c2C)C=C(c2ccc3cn[nH]c3c2F)CC1. The predicted molar refractivity (Wildman–Crippen MR) is 98.1 cm³/mol. The number of carbonyl (C=O) groups excluding carboxylic acids is 1. The Labute approximate surface area is 154 Å². The normalized spacial score (nSPS) is 19.3. The third kappa shape index (κ3) is 2.55. The summed E-state index contributed by atoms with van der Waals surface area (Å²) < 4.78 is 34.1. The maximum atomic E-state index is 14.9. The first-order valence-corrected chi connectivity index (χ1v) is 8.65. The van der Waals surface area contributed by atoms with E-state index in [1.165, 1.54) is 13.2 Å². The first kappa shape index (κ1) is 17.4. The molecule has 0 saturated heterocycles. The molecular weight excluding hydrogens is 350 g/mol. The molecule has 1 heterocycles. The number of carbonyl (C=O) groups is 1. The van der Waals surface area contributed by atoms with Crippen LogP contribution in [-0.2, 0) is 14.9 Å². The minimum absolute atomic E-state index is 0.325. The molecule has 4 nitrogen and oxygen atoms in total. The van der Waals surface area contributed by atoms with E-state index in [0.717, 1.165) is 0 Å². The van der Waals surface area contributed by atoms with E-state index in [9.17, 15) is 13.6 Å². The number of halogens is 2. The van der Waals surface area contributed by atoms with E-state index in [1.54, 1.807) is 43.5 Å². The Balaban J connectivity index is 1.90. The molecule has 1 aliphatic rings. The average molecular weight is 368 g/mol. The van der Waals surface area contributed by atoms with E-state index in [1.807, 2.05) is 0 Å². The molecule has 0 unspecified atom stereocenters. The van der Waals surface area contributed by atoms with E-state index in [2.05, 4.69) is 10.2 Å². The summed E-state index contributed by atoms with van der Waals surface area (Å²) in [6.07, 6.45) is 4.14. The van der Waals surface area contributed by atoms with Crippen molar-refractivity contribution in [2.75, 3.05) is 7.11 Å². The van der Waals surface area contributed by atoms with Crippen molar-refractivity contribution in [2.24, 2.45) is 0 Å². The van der Waals surface area contributed by atoms with Crippen LogP contribution < -0.4 is 0 Å². The molecule has 0 radical (unpaired) electrons. The summed E-state index contributed by atoms with van der Waals surface area (Å²) in [5.41, 5.74) is 1.24. The quantitative estimate of drug-likeness (QED) is 0.696. The molecule has 138 valence electrons. The van der Waals surface area contributed by atoms with Crippen LogP contribution in [0.15, 0.2) is 42.6 Å². The van der Waals surface area contributed by atoms with E-state index in [4.69, 9.17) is 4.74 Å². The summed E-state index contributed by atoms with van der Waals surface area (Å²) >= 11 is 0. The Morgan fingerprint density at radius 3 is 2.85 bits per heavy atom. The van der Waals surface area contributed by atoms with Gasteiger partial charge in [0, 0.05) is 10.9 Å². The molecule has 0 bridgehead atoms. The standard InChI is InChI=1S/C21H18F2N2O2/c1-12-16(4-3-5-17(12)22)21(20(26)27-2)9-8-13(10-21)15-7-6-14-11-24-25-19(14)18(15)23/h3-7,10-11H,8-9H2,1-2H3,(H,24,25)/t21-/m0/s1. The van der Waals surface area contributed by atoms with Crippen LogP contribution in [0.3, 0.4) is 0 Å². The zero-order valence-corrected chi connectivity index (χ0v) is 15.0. The lowest BCUT2D eigenvalue weighted by atomic mass is 9.77. The number of fused-ring (bicyclic) bond motifs is 1. The second-order valence-corrected chi connectivity index (χ2v) is 6.81. The summed E-state index contributed by atoms with van der Waals surface area (Å²) in [5, 5.41) is 7.21. The zero-order chi connectivity index (χ0) is 19.2. The molecule has 2 aromatic carbocycles. The van der Waals surface area contributed by atoms with E-state index in [-0.39, 0.29) is 5.82 Å². The van der Waals surface area contributed by atoms with E-state index in [0.29, 0.717) is 46.0 Å². The second kappa shape index (κ2) is 6.30. The fourth-order valence-corrected chi connectivity index (χ4v) is 3.97. The topological polar surface area (TPSA) is 55.0 Å². The minimum atomic E-state index is -1.13. The minimum Gasteiger partial charge on any atom is -0.468 e.